The lowest BCUT2D eigenvalue weighted by Crippen LogP contribution is -2.36. The molecule has 4 rings (SSSR count). The molecule has 6 nitrogen and oxygen atoms in total. The van der Waals surface area contributed by atoms with Gasteiger partial charge in [0.15, 0.2) is 5.89 Å². The van der Waals surface area contributed by atoms with Crippen molar-refractivity contribution in [1.29, 1.82) is 0 Å². The highest BCUT2D eigenvalue weighted by Gasteiger charge is 2.18. The number of nitrogens with one attached hydrogen (secondary N) is 1. The van der Waals surface area contributed by atoms with Crippen molar-refractivity contribution in [3.63, 3.8) is 0 Å². The molecule has 1 fully saturated rings. The van der Waals surface area contributed by atoms with Crippen molar-refractivity contribution in [2.24, 2.45) is 0 Å². The molecule has 1 N–H and O–H groups in total. The fraction of sp³-hybridized carbons (Fsp3) is 0.375. The standard InChI is InChI=1S/C24H27N3O3/c1-16-26-22(15-30-16)18-10-8-17(9-11-18)12-19-13-21(25-14-23(19)29-2)24(28)27-20-6-4-3-5-7-20/h8-11,13-15,20H,3-7,12H2,1-2H3,(H,27,28). The third kappa shape index (κ3) is 4.70. The van der Waals surface area contributed by atoms with Crippen LogP contribution in [0.5, 0.6) is 5.75 Å². The molecule has 1 amide bonds. The summed E-state index contributed by atoms with van der Waals surface area (Å²) in [5, 5.41) is 3.13. The Morgan fingerprint density at radius 2 is 1.97 bits per heavy atom. The van der Waals surface area contributed by atoms with Crippen molar-refractivity contribution in [3.05, 3.63) is 65.5 Å². The number of pyridine rings is 1. The largest absolute Gasteiger partial charge is 0.495 e. The second kappa shape index (κ2) is 9.11. The number of rotatable bonds is 6. The van der Waals surface area contributed by atoms with Gasteiger partial charge in [-0.2, -0.15) is 0 Å². The van der Waals surface area contributed by atoms with Gasteiger partial charge in [0.2, 0.25) is 0 Å². The van der Waals surface area contributed by atoms with Crippen LogP contribution in [0.3, 0.4) is 0 Å². The van der Waals surface area contributed by atoms with E-state index in [1.807, 2.05) is 25.1 Å². The number of aromatic nitrogens is 2. The highest BCUT2D eigenvalue weighted by Crippen LogP contribution is 2.24. The minimum atomic E-state index is -0.109. The zero-order chi connectivity index (χ0) is 20.9. The van der Waals surface area contributed by atoms with E-state index >= 15 is 0 Å². The second-order valence-electron chi connectivity index (χ2n) is 7.82. The number of oxazole rings is 1. The molecule has 6 heteroatoms. The predicted octanol–water partition coefficient (Wildman–Crippen LogP) is 4.71. The number of amides is 1. The van der Waals surface area contributed by atoms with Gasteiger partial charge in [-0.3, -0.25) is 4.79 Å². The Kier molecular flexibility index (Phi) is 6.12. The Hall–Kier alpha value is -3.15. The van der Waals surface area contributed by atoms with Gasteiger partial charge >= 0.3 is 0 Å². The van der Waals surface area contributed by atoms with Gasteiger partial charge < -0.3 is 14.5 Å². The molecule has 2 aromatic heterocycles. The molecule has 0 radical (unpaired) electrons. The fourth-order valence-electron chi connectivity index (χ4n) is 3.95. The molecular formula is C24H27N3O3. The monoisotopic (exact) mass is 405 g/mol. The summed E-state index contributed by atoms with van der Waals surface area (Å²) in [6.07, 6.45) is 9.65. The van der Waals surface area contributed by atoms with Crippen molar-refractivity contribution in [2.45, 2.75) is 51.5 Å². The van der Waals surface area contributed by atoms with Crippen LogP contribution in [-0.4, -0.2) is 29.0 Å². The van der Waals surface area contributed by atoms with E-state index in [0.717, 1.165) is 35.2 Å². The molecule has 156 valence electrons. The summed E-state index contributed by atoms with van der Waals surface area (Å²) < 4.78 is 10.8. The van der Waals surface area contributed by atoms with E-state index in [9.17, 15) is 4.79 Å². The Labute approximate surface area is 176 Å². The van der Waals surface area contributed by atoms with E-state index in [1.165, 1.54) is 19.3 Å². The van der Waals surface area contributed by atoms with Crippen LogP contribution >= 0.6 is 0 Å². The highest BCUT2D eigenvalue weighted by molar-refractivity contribution is 5.92. The molecule has 2 heterocycles. The van der Waals surface area contributed by atoms with Gasteiger partial charge in [-0.25, -0.2) is 9.97 Å². The SMILES string of the molecule is COc1cnc(C(=O)NC2CCCCC2)cc1Cc1ccc(-c2coc(C)n2)cc1. The zero-order valence-electron chi connectivity index (χ0n) is 17.5. The molecule has 0 bridgehead atoms. The first-order valence-electron chi connectivity index (χ1n) is 10.5. The van der Waals surface area contributed by atoms with E-state index in [1.54, 1.807) is 19.6 Å². The normalized spacial score (nSPS) is 14.5. The number of ether oxygens (including phenoxy) is 1. The minimum absolute atomic E-state index is 0.109. The molecule has 0 spiro atoms. The first kappa shape index (κ1) is 20.1. The van der Waals surface area contributed by atoms with Gasteiger partial charge in [0.25, 0.3) is 5.91 Å². The van der Waals surface area contributed by atoms with Crippen molar-refractivity contribution in [3.8, 4) is 17.0 Å². The summed E-state index contributed by atoms with van der Waals surface area (Å²) in [4.78, 5) is 21.4. The first-order valence-corrected chi connectivity index (χ1v) is 10.5. The summed E-state index contributed by atoms with van der Waals surface area (Å²) >= 11 is 0. The fourth-order valence-corrected chi connectivity index (χ4v) is 3.95. The quantitative estimate of drug-likeness (QED) is 0.643. The second-order valence-corrected chi connectivity index (χ2v) is 7.82. The summed E-state index contributed by atoms with van der Waals surface area (Å²) in [6, 6.07) is 10.3. The molecule has 1 saturated carbocycles. The number of hydrogen-bond acceptors (Lipinski definition) is 5. The van der Waals surface area contributed by atoms with Gasteiger partial charge in [0.1, 0.15) is 23.4 Å². The molecule has 0 atom stereocenters. The van der Waals surface area contributed by atoms with Crippen LogP contribution in [0.25, 0.3) is 11.3 Å². The van der Waals surface area contributed by atoms with Crippen LogP contribution in [0.4, 0.5) is 0 Å². The van der Waals surface area contributed by atoms with E-state index in [0.29, 0.717) is 23.8 Å². The lowest BCUT2D eigenvalue weighted by atomic mass is 9.95. The molecule has 0 saturated heterocycles. The number of hydrogen-bond donors (Lipinski definition) is 1. The van der Waals surface area contributed by atoms with Crippen molar-refractivity contribution >= 4 is 5.91 Å². The third-order valence-electron chi connectivity index (χ3n) is 5.60. The smallest absolute Gasteiger partial charge is 0.270 e. The number of methoxy groups -OCH3 is 1. The highest BCUT2D eigenvalue weighted by atomic mass is 16.5. The summed E-state index contributed by atoms with van der Waals surface area (Å²) in [5.74, 6) is 1.22. The lowest BCUT2D eigenvalue weighted by molar-refractivity contribution is 0.0922. The van der Waals surface area contributed by atoms with E-state index in [4.69, 9.17) is 9.15 Å². The van der Waals surface area contributed by atoms with Gasteiger partial charge in [-0.05, 0) is 24.5 Å². The third-order valence-corrected chi connectivity index (χ3v) is 5.60. The number of benzene rings is 1. The summed E-state index contributed by atoms with van der Waals surface area (Å²) in [6.45, 7) is 1.83. The Balaban J connectivity index is 1.49. The summed E-state index contributed by atoms with van der Waals surface area (Å²) in [5.41, 5.74) is 4.31. The van der Waals surface area contributed by atoms with Gasteiger partial charge in [0, 0.05) is 30.5 Å². The summed E-state index contributed by atoms with van der Waals surface area (Å²) in [7, 11) is 1.62. The average molecular weight is 405 g/mol. The van der Waals surface area contributed by atoms with Crippen LogP contribution in [0.2, 0.25) is 0 Å². The van der Waals surface area contributed by atoms with Gasteiger partial charge in [0.05, 0.1) is 13.3 Å². The van der Waals surface area contributed by atoms with Crippen molar-refractivity contribution < 1.29 is 13.9 Å². The minimum Gasteiger partial charge on any atom is -0.495 e. The van der Waals surface area contributed by atoms with Crippen molar-refractivity contribution in [2.75, 3.05) is 7.11 Å². The lowest BCUT2D eigenvalue weighted by Gasteiger charge is -2.22. The molecular weight excluding hydrogens is 378 g/mol. The van der Waals surface area contributed by atoms with Crippen molar-refractivity contribution in [1.82, 2.24) is 15.3 Å². The molecule has 1 aromatic carbocycles. The van der Waals surface area contributed by atoms with E-state index in [-0.39, 0.29) is 11.9 Å². The molecule has 3 aromatic rings. The Morgan fingerprint density at radius 1 is 1.20 bits per heavy atom. The van der Waals surface area contributed by atoms with Crippen LogP contribution in [-0.2, 0) is 6.42 Å². The number of nitrogens with zero attached hydrogens (tertiary/aromatic N) is 2. The number of carbonyl (C=O) groups excluding carboxylic acids is 1. The number of carbonyl (C=O) groups is 1. The van der Waals surface area contributed by atoms with Crippen LogP contribution in [0.1, 0.15) is 59.6 Å². The molecule has 0 unspecified atom stereocenters. The average Bonchev–Trinajstić information content (AvgIpc) is 3.21. The van der Waals surface area contributed by atoms with Gasteiger partial charge in [-0.1, -0.05) is 43.5 Å². The molecule has 1 aliphatic carbocycles. The molecule has 0 aliphatic heterocycles. The van der Waals surface area contributed by atoms with Crippen LogP contribution < -0.4 is 10.1 Å². The maximum Gasteiger partial charge on any atom is 0.270 e. The zero-order valence-corrected chi connectivity index (χ0v) is 17.5. The topological polar surface area (TPSA) is 77.2 Å². The molecule has 30 heavy (non-hydrogen) atoms. The van der Waals surface area contributed by atoms with E-state index < -0.39 is 0 Å². The maximum absolute atomic E-state index is 12.7. The molecule has 1 aliphatic rings. The van der Waals surface area contributed by atoms with E-state index in [2.05, 4.69) is 27.4 Å². The first-order chi connectivity index (χ1) is 14.6. The Bertz CT molecular complexity index is 1000. The van der Waals surface area contributed by atoms with Gasteiger partial charge in [-0.15, -0.1) is 0 Å². The Morgan fingerprint density at radius 3 is 2.63 bits per heavy atom. The number of aryl methyl sites for hydroxylation is 1. The maximum atomic E-state index is 12.7. The van der Waals surface area contributed by atoms with Crippen LogP contribution in [0, 0.1) is 6.92 Å². The van der Waals surface area contributed by atoms with Crippen LogP contribution in [0.15, 0.2) is 47.2 Å². The predicted molar refractivity (Wildman–Crippen MR) is 115 cm³/mol.